The predicted molar refractivity (Wildman–Crippen MR) is 93.1 cm³/mol. The van der Waals surface area contributed by atoms with Crippen LogP contribution < -0.4 is 10.1 Å². The molecular formula is C17H26N2O3S. The number of hydrogen-bond donors (Lipinski definition) is 1. The van der Waals surface area contributed by atoms with Crippen molar-refractivity contribution in [3.8, 4) is 5.75 Å². The van der Waals surface area contributed by atoms with Crippen LogP contribution in [0.3, 0.4) is 0 Å². The third kappa shape index (κ3) is 5.64. The minimum atomic E-state index is -3.12. The van der Waals surface area contributed by atoms with Gasteiger partial charge in [0, 0.05) is 31.7 Å². The molecule has 0 unspecified atom stereocenters. The van der Waals surface area contributed by atoms with Gasteiger partial charge in [-0.25, -0.2) is 12.7 Å². The second kappa shape index (κ2) is 8.47. The van der Waals surface area contributed by atoms with Gasteiger partial charge in [-0.1, -0.05) is 24.8 Å². The Morgan fingerprint density at radius 2 is 2.00 bits per heavy atom. The summed E-state index contributed by atoms with van der Waals surface area (Å²) in [6.07, 6.45) is 1.94. The third-order valence-electron chi connectivity index (χ3n) is 3.76. The molecule has 0 radical (unpaired) electrons. The second-order valence-electron chi connectivity index (χ2n) is 5.95. The van der Waals surface area contributed by atoms with Crippen molar-refractivity contribution < 1.29 is 13.2 Å². The van der Waals surface area contributed by atoms with Crippen LogP contribution in [0.1, 0.15) is 25.3 Å². The van der Waals surface area contributed by atoms with Crippen LogP contribution in [0, 0.1) is 0 Å². The smallest absolute Gasteiger partial charge is 0.215 e. The van der Waals surface area contributed by atoms with Crippen molar-refractivity contribution in [2.75, 3.05) is 32.0 Å². The lowest BCUT2D eigenvalue weighted by atomic mass is 10.2. The molecule has 2 rings (SSSR count). The van der Waals surface area contributed by atoms with E-state index in [1.165, 1.54) is 0 Å². The van der Waals surface area contributed by atoms with Crippen molar-refractivity contribution >= 4 is 10.0 Å². The van der Waals surface area contributed by atoms with Gasteiger partial charge in [0.15, 0.2) is 0 Å². The zero-order valence-corrected chi connectivity index (χ0v) is 14.6. The van der Waals surface area contributed by atoms with Crippen LogP contribution in [0.4, 0.5) is 0 Å². The summed E-state index contributed by atoms with van der Waals surface area (Å²) in [6, 6.07) is 7.78. The summed E-state index contributed by atoms with van der Waals surface area (Å²) in [4.78, 5) is 0. The first-order valence-electron chi connectivity index (χ1n) is 8.02. The first-order valence-corrected chi connectivity index (χ1v) is 9.63. The molecule has 0 bridgehead atoms. The van der Waals surface area contributed by atoms with Crippen LogP contribution in [0.2, 0.25) is 0 Å². The second-order valence-corrected chi connectivity index (χ2v) is 8.04. The third-order valence-corrected chi connectivity index (χ3v) is 5.63. The number of nitrogens with one attached hydrogen (secondary N) is 1. The van der Waals surface area contributed by atoms with E-state index in [1.807, 2.05) is 31.2 Å². The first kappa shape index (κ1) is 18.0. The standard InChI is InChI=1S/C17H26N2O3S/c1-15(2)14-22-17-8-4-3-7-16(17)13-18-9-12-23(20,21)19-10-5-6-11-19/h3-4,7-8,18H,1,5-6,9-14H2,2H3. The molecule has 6 heteroatoms. The van der Waals surface area contributed by atoms with E-state index in [2.05, 4.69) is 11.9 Å². The molecule has 5 nitrogen and oxygen atoms in total. The molecule has 128 valence electrons. The molecule has 0 spiro atoms. The normalized spacial score (nSPS) is 15.7. The molecule has 0 saturated carbocycles. The Morgan fingerprint density at radius 1 is 1.30 bits per heavy atom. The van der Waals surface area contributed by atoms with Gasteiger partial charge in [0.1, 0.15) is 12.4 Å². The Bertz CT molecular complexity index is 622. The van der Waals surface area contributed by atoms with E-state index in [-0.39, 0.29) is 5.75 Å². The van der Waals surface area contributed by atoms with Gasteiger partial charge in [-0.15, -0.1) is 0 Å². The Hall–Kier alpha value is -1.37. The van der Waals surface area contributed by atoms with Gasteiger partial charge < -0.3 is 10.1 Å². The highest BCUT2D eigenvalue weighted by Crippen LogP contribution is 2.18. The summed E-state index contributed by atoms with van der Waals surface area (Å²) in [6.45, 7) is 8.59. The minimum Gasteiger partial charge on any atom is -0.489 e. The maximum atomic E-state index is 12.1. The molecule has 1 heterocycles. The van der Waals surface area contributed by atoms with E-state index in [1.54, 1.807) is 4.31 Å². The van der Waals surface area contributed by atoms with E-state index in [0.717, 1.165) is 29.7 Å². The number of sulfonamides is 1. The lowest BCUT2D eigenvalue weighted by Gasteiger charge is -2.16. The van der Waals surface area contributed by atoms with Crippen molar-refractivity contribution in [3.05, 3.63) is 42.0 Å². The average Bonchev–Trinajstić information content (AvgIpc) is 3.05. The Balaban J connectivity index is 1.81. The van der Waals surface area contributed by atoms with Gasteiger partial charge in [-0.05, 0) is 31.4 Å². The van der Waals surface area contributed by atoms with Crippen molar-refractivity contribution in [2.45, 2.75) is 26.3 Å². The van der Waals surface area contributed by atoms with Crippen LogP contribution in [-0.2, 0) is 16.6 Å². The van der Waals surface area contributed by atoms with Gasteiger partial charge in [0.2, 0.25) is 10.0 Å². The highest BCUT2D eigenvalue weighted by atomic mass is 32.2. The molecule has 23 heavy (non-hydrogen) atoms. The molecule has 0 atom stereocenters. The molecule has 1 aromatic carbocycles. The number of hydrogen-bond acceptors (Lipinski definition) is 4. The maximum absolute atomic E-state index is 12.1. The van der Waals surface area contributed by atoms with Gasteiger partial charge in [0.05, 0.1) is 5.75 Å². The van der Waals surface area contributed by atoms with Gasteiger partial charge in [-0.2, -0.15) is 0 Å². The fourth-order valence-electron chi connectivity index (χ4n) is 2.51. The van der Waals surface area contributed by atoms with Crippen LogP contribution in [0.15, 0.2) is 36.4 Å². The fourth-order valence-corrected chi connectivity index (χ4v) is 3.99. The molecular weight excluding hydrogens is 312 g/mol. The predicted octanol–water partition coefficient (Wildman–Crippen LogP) is 2.16. The number of benzene rings is 1. The molecule has 1 aromatic rings. The van der Waals surface area contributed by atoms with E-state index >= 15 is 0 Å². The number of ether oxygens (including phenoxy) is 1. The van der Waals surface area contributed by atoms with Crippen molar-refractivity contribution in [1.82, 2.24) is 9.62 Å². The summed E-state index contributed by atoms with van der Waals surface area (Å²) in [5.74, 6) is 0.951. The highest BCUT2D eigenvalue weighted by Gasteiger charge is 2.24. The van der Waals surface area contributed by atoms with Crippen LogP contribution in [0.5, 0.6) is 5.75 Å². The van der Waals surface area contributed by atoms with Crippen molar-refractivity contribution in [3.63, 3.8) is 0 Å². The molecule has 1 saturated heterocycles. The Kier molecular flexibility index (Phi) is 6.62. The summed E-state index contributed by atoms with van der Waals surface area (Å²) < 4.78 is 31.6. The molecule has 0 aromatic heterocycles. The van der Waals surface area contributed by atoms with E-state index in [9.17, 15) is 8.42 Å². The van der Waals surface area contributed by atoms with E-state index < -0.39 is 10.0 Å². The zero-order chi connectivity index (χ0) is 16.7. The van der Waals surface area contributed by atoms with Crippen LogP contribution >= 0.6 is 0 Å². The minimum absolute atomic E-state index is 0.141. The van der Waals surface area contributed by atoms with Crippen LogP contribution in [-0.4, -0.2) is 44.7 Å². The van der Waals surface area contributed by atoms with E-state index in [4.69, 9.17) is 4.74 Å². The lowest BCUT2D eigenvalue weighted by molar-refractivity contribution is 0.348. The largest absolute Gasteiger partial charge is 0.489 e. The first-order chi connectivity index (χ1) is 11.0. The lowest BCUT2D eigenvalue weighted by Crippen LogP contribution is -2.34. The monoisotopic (exact) mass is 338 g/mol. The number of para-hydroxylation sites is 1. The molecule has 1 N–H and O–H groups in total. The molecule has 0 aliphatic carbocycles. The highest BCUT2D eigenvalue weighted by molar-refractivity contribution is 7.89. The molecule has 0 amide bonds. The number of rotatable bonds is 9. The Morgan fingerprint density at radius 3 is 2.70 bits per heavy atom. The zero-order valence-electron chi connectivity index (χ0n) is 13.8. The summed E-state index contributed by atoms with van der Waals surface area (Å²) in [5.41, 5.74) is 1.98. The average molecular weight is 338 g/mol. The van der Waals surface area contributed by atoms with Gasteiger partial charge in [-0.3, -0.25) is 0 Å². The van der Waals surface area contributed by atoms with Gasteiger partial charge >= 0.3 is 0 Å². The summed E-state index contributed by atoms with van der Waals surface area (Å²) in [5, 5.41) is 3.20. The summed E-state index contributed by atoms with van der Waals surface area (Å²) in [7, 11) is -3.12. The fraction of sp³-hybridized carbons (Fsp3) is 0.529. The summed E-state index contributed by atoms with van der Waals surface area (Å²) >= 11 is 0. The Labute approximate surface area is 139 Å². The molecule has 1 fully saturated rings. The quantitative estimate of drug-likeness (QED) is 0.554. The van der Waals surface area contributed by atoms with Gasteiger partial charge in [0.25, 0.3) is 0 Å². The van der Waals surface area contributed by atoms with Crippen molar-refractivity contribution in [1.29, 1.82) is 0 Å². The SMILES string of the molecule is C=C(C)COc1ccccc1CNCCS(=O)(=O)N1CCCC1. The maximum Gasteiger partial charge on any atom is 0.215 e. The van der Waals surface area contributed by atoms with Crippen molar-refractivity contribution in [2.24, 2.45) is 0 Å². The molecule has 1 aliphatic heterocycles. The van der Waals surface area contributed by atoms with E-state index in [0.29, 0.717) is 32.8 Å². The van der Waals surface area contributed by atoms with Crippen LogP contribution in [0.25, 0.3) is 0 Å². The topological polar surface area (TPSA) is 58.6 Å². The molecule has 1 aliphatic rings. The number of nitrogens with zero attached hydrogens (tertiary/aromatic N) is 1.